The van der Waals surface area contributed by atoms with Gasteiger partial charge in [0.2, 0.25) is 5.60 Å². The van der Waals surface area contributed by atoms with Gasteiger partial charge in [-0.15, -0.1) is 0 Å². The van der Waals surface area contributed by atoms with Gasteiger partial charge in [-0.05, 0) is 79.4 Å². The number of rotatable bonds is 11. The Labute approximate surface area is 384 Å². The minimum atomic E-state index is -2.16. The normalized spacial score (nSPS) is 36.2. The van der Waals surface area contributed by atoms with Crippen LogP contribution in [-0.2, 0) is 57.1 Å². The second-order valence-electron chi connectivity index (χ2n) is 19.8. The molecule has 5 fully saturated rings. The SMILES string of the molecule is COc1ccc(C2CC(CC(C)C)C(C(=O)O[C@@H]3C(C)=C4[C@@H](OC(C)=O)C(=O)[C@]5(C)[C@@H](C)CC6OC[C@@]6(OC(C)=O)[C@H]5[C@H](OC(=O)c5ccccc5)[C@@]5(OC(=O)O[C@@H]35)C4(C)C)O2)c(OC)c1. The number of hydrogen-bond acceptors (Lipinski definition) is 16. The van der Waals surface area contributed by atoms with Crippen LogP contribution in [0.4, 0.5) is 4.79 Å². The number of ketones is 1. The molecule has 2 bridgehead atoms. The number of fused-ring (bicyclic) bond motifs is 4. The highest BCUT2D eigenvalue weighted by Gasteiger charge is 2.83. The van der Waals surface area contributed by atoms with Gasteiger partial charge in [0.25, 0.3) is 0 Å². The third-order valence-corrected chi connectivity index (χ3v) is 15.4. The highest BCUT2D eigenvalue weighted by atomic mass is 16.8. The molecule has 2 aromatic rings. The molecule has 8 rings (SSSR count). The molecule has 2 saturated carbocycles. The van der Waals surface area contributed by atoms with Gasteiger partial charge < -0.3 is 47.4 Å². The predicted octanol–water partition coefficient (Wildman–Crippen LogP) is 6.84. The Bertz CT molecular complexity index is 2340. The molecule has 3 aliphatic carbocycles. The fourth-order valence-corrected chi connectivity index (χ4v) is 12.4. The van der Waals surface area contributed by atoms with Gasteiger partial charge in [0, 0.05) is 36.3 Å². The minimum absolute atomic E-state index is 0.136. The van der Waals surface area contributed by atoms with Gasteiger partial charge in [-0.3, -0.25) is 14.4 Å². The number of esters is 4. The van der Waals surface area contributed by atoms with Crippen molar-refractivity contribution in [3.63, 3.8) is 0 Å². The summed E-state index contributed by atoms with van der Waals surface area (Å²) in [6.07, 6.45) is -8.80. The van der Waals surface area contributed by atoms with Crippen LogP contribution >= 0.6 is 0 Å². The molecule has 1 spiro atoms. The Hall–Kier alpha value is -5.48. The van der Waals surface area contributed by atoms with E-state index < -0.39 is 112 Å². The zero-order valence-corrected chi connectivity index (χ0v) is 39.3. The van der Waals surface area contributed by atoms with Crippen LogP contribution in [0.25, 0.3) is 0 Å². The van der Waals surface area contributed by atoms with Crippen molar-refractivity contribution in [1.29, 1.82) is 0 Å². The first-order chi connectivity index (χ1) is 31.2. The van der Waals surface area contributed by atoms with Crippen molar-refractivity contribution in [2.45, 2.75) is 136 Å². The van der Waals surface area contributed by atoms with E-state index in [1.165, 1.54) is 21.0 Å². The fraction of sp³-hybridized carbons (Fsp3) is 0.600. The largest absolute Gasteiger partial charge is 0.509 e. The van der Waals surface area contributed by atoms with Crippen LogP contribution in [0.2, 0.25) is 0 Å². The number of hydrogen-bond donors (Lipinski definition) is 0. The van der Waals surface area contributed by atoms with Crippen molar-refractivity contribution >= 4 is 35.8 Å². The van der Waals surface area contributed by atoms with E-state index in [0.717, 1.165) is 0 Å². The maximum absolute atomic E-state index is 15.9. The van der Waals surface area contributed by atoms with E-state index in [1.54, 1.807) is 77.3 Å². The summed E-state index contributed by atoms with van der Waals surface area (Å²) in [7, 11) is 3.09. The smallest absolute Gasteiger partial charge is 0.497 e. The lowest BCUT2D eigenvalue weighted by Crippen LogP contribution is -2.82. The van der Waals surface area contributed by atoms with Crippen molar-refractivity contribution < 1.29 is 76.1 Å². The average molecular weight is 917 g/mol. The molecule has 356 valence electrons. The van der Waals surface area contributed by atoms with E-state index in [2.05, 4.69) is 0 Å². The van der Waals surface area contributed by atoms with Gasteiger partial charge in [0.05, 0.1) is 38.4 Å². The zero-order chi connectivity index (χ0) is 47.8. The first-order valence-electron chi connectivity index (χ1n) is 22.6. The van der Waals surface area contributed by atoms with E-state index in [9.17, 15) is 19.2 Å². The van der Waals surface area contributed by atoms with E-state index in [0.29, 0.717) is 29.9 Å². The highest BCUT2D eigenvalue weighted by Crippen LogP contribution is 2.68. The quantitative estimate of drug-likeness (QED) is 0.129. The standard InChI is InChI=1S/C50H60O16/c1-24(2)19-30-21-34(32-18-17-31(57-10)22-33(32)58-11)61-38(30)45(55)62-37-26(4)36-39(60-27(5)51)41(53)48(9)25(3)20-35-49(23-59-35,65-28(6)52)40(48)43(63-44(54)29-15-13-12-14-16-29)50(47(36,7)8)42(37)64-46(56)66-50/h12-18,22,24-25,30,34-35,37-40,42-43H,19-21,23H2,1-11H3/t25-,30?,34?,35?,37+,38?,39+,40-,42-,43-,48+,49-,50+/m0/s1. The molecular formula is C50H60O16. The summed E-state index contributed by atoms with van der Waals surface area (Å²) in [4.78, 5) is 86.3. The molecule has 6 aliphatic rings. The first-order valence-corrected chi connectivity index (χ1v) is 22.6. The lowest BCUT2D eigenvalue weighted by Gasteiger charge is -2.67. The van der Waals surface area contributed by atoms with Crippen molar-refractivity contribution in [2.75, 3.05) is 20.8 Å². The fourth-order valence-electron chi connectivity index (χ4n) is 12.4. The van der Waals surface area contributed by atoms with Crippen molar-refractivity contribution in [2.24, 2.45) is 34.5 Å². The zero-order valence-electron chi connectivity index (χ0n) is 39.3. The van der Waals surface area contributed by atoms with Crippen LogP contribution in [0.3, 0.4) is 0 Å². The van der Waals surface area contributed by atoms with Crippen LogP contribution in [0.1, 0.15) is 104 Å². The van der Waals surface area contributed by atoms with Crippen molar-refractivity contribution in [3.05, 3.63) is 70.8 Å². The second kappa shape index (κ2) is 17.0. The first kappa shape index (κ1) is 47.0. The van der Waals surface area contributed by atoms with Crippen LogP contribution in [0, 0.1) is 34.5 Å². The molecule has 3 heterocycles. The number of benzene rings is 2. The maximum Gasteiger partial charge on any atom is 0.509 e. The molecule has 3 saturated heterocycles. The van der Waals surface area contributed by atoms with Gasteiger partial charge in [0.1, 0.15) is 17.6 Å². The Morgan fingerprint density at radius 2 is 1.61 bits per heavy atom. The maximum atomic E-state index is 15.9. The Kier molecular flexibility index (Phi) is 12.1. The molecule has 66 heavy (non-hydrogen) atoms. The number of ether oxygens (including phenoxy) is 10. The van der Waals surface area contributed by atoms with Gasteiger partial charge in [-0.2, -0.15) is 0 Å². The summed E-state index contributed by atoms with van der Waals surface area (Å²) in [5, 5.41) is 0. The van der Waals surface area contributed by atoms with Crippen molar-refractivity contribution in [3.8, 4) is 11.5 Å². The molecule has 3 aliphatic heterocycles. The van der Waals surface area contributed by atoms with Crippen LogP contribution < -0.4 is 9.47 Å². The van der Waals surface area contributed by atoms with E-state index in [1.807, 2.05) is 26.8 Å². The molecule has 0 amide bonds. The lowest BCUT2D eigenvalue weighted by atomic mass is 9.43. The number of Topliss-reactive ketones (excluding diaryl/α,β-unsaturated/α-hetero) is 1. The lowest BCUT2D eigenvalue weighted by molar-refractivity contribution is -0.340. The molecule has 16 nitrogen and oxygen atoms in total. The van der Waals surface area contributed by atoms with Crippen LogP contribution in [-0.4, -0.2) is 104 Å². The third-order valence-electron chi connectivity index (χ3n) is 15.4. The van der Waals surface area contributed by atoms with Crippen LogP contribution in [0.5, 0.6) is 11.5 Å². The van der Waals surface area contributed by atoms with Gasteiger partial charge in [-0.1, -0.05) is 59.7 Å². The summed E-state index contributed by atoms with van der Waals surface area (Å²) in [6.45, 7) is 14.8. The predicted molar refractivity (Wildman–Crippen MR) is 231 cm³/mol. The molecular weight excluding hydrogens is 857 g/mol. The Balaban J connectivity index is 1.33. The van der Waals surface area contributed by atoms with E-state index >= 15 is 9.59 Å². The number of methoxy groups -OCH3 is 2. The minimum Gasteiger partial charge on any atom is -0.497 e. The number of carbonyl (C=O) groups excluding carboxylic acids is 6. The van der Waals surface area contributed by atoms with E-state index in [-0.39, 0.29) is 41.6 Å². The average Bonchev–Trinajstić information content (AvgIpc) is 3.85. The van der Waals surface area contributed by atoms with Crippen molar-refractivity contribution in [1.82, 2.24) is 0 Å². The molecule has 0 aromatic heterocycles. The summed E-state index contributed by atoms with van der Waals surface area (Å²) >= 11 is 0. The molecule has 2 aromatic carbocycles. The summed E-state index contributed by atoms with van der Waals surface area (Å²) in [5.74, 6) is -4.72. The second-order valence-corrected chi connectivity index (χ2v) is 19.8. The molecule has 13 atom stereocenters. The highest BCUT2D eigenvalue weighted by molar-refractivity contribution is 5.95. The molecule has 16 heteroatoms. The van der Waals surface area contributed by atoms with E-state index in [4.69, 9.17) is 47.4 Å². The topological polar surface area (TPSA) is 195 Å². The Morgan fingerprint density at radius 3 is 2.21 bits per heavy atom. The number of carbonyl (C=O) groups is 6. The van der Waals surface area contributed by atoms with Crippen LogP contribution in [0.15, 0.2) is 59.7 Å². The Morgan fingerprint density at radius 1 is 0.894 bits per heavy atom. The molecule has 0 radical (unpaired) electrons. The van der Waals surface area contributed by atoms with Gasteiger partial charge in [-0.25, -0.2) is 14.4 Å². The van der Waals surface area contributed by atoms with Gasteiger partial charge in [0.15, 0.2) is 41.9 Å². The summed E-state index contributed by atoms with van der Waals surface area (Å²) < 4.78 is 62.3. The third kappa shape index (κ3) is 7.15. The van der Waals surface area contributed by atoms with Gasteiger partial charge >= 0.3 is 30.0 Å². The summed E-state index contributed by atoms with van der Waals surface area (Å²) in [5.41, 5.74) is -5.75. The molecule has 4 unspecified atom stereocenters. The summed E-state index contributed by atoms with van der Waals surface area (Å²) in [6, 6.07) is 13.5. The molecule has 0 N–H and O–H groups in total. The monoisotopic (exact) mass is 916 g/mol.